The second-order valence-electron chi connectivity index (χ2n) is 5.97. The number of fused-ring (bicyclic) bond motifs is 1. The van der Waals surface area contributed by atoms with Gasteiger partial charge in [0.2, 0.25) is 0 Å². The molecule has 4 aromatic rings. The molecule has 0 amide bonds. The second-order valence-corrected chi connectivity index (χ2v) is 5.97. The van der Waals surface area contributed by atoms with Crippen molar-refractivity contribution >= 4 is 16.7 Å². The molecule has 4 rings (SSSR count). The van der Waals surface area contributed by atoms with Gasteiger partial charge in [-0.3, -0.25) is 19.1 Å². The number of hydrogen-bond donors (Lipinski definition) is 0. The van der Waals surface area contributed by atoms with Crippen molar-refractivity contribution in [1.82, 2.24) is 14.5 Å². The molecular weight excluding hydrogens is 345 g/mol. The first-order valence-electron chi connectivity index (χ1n) is 8.34. The number of pyridine rings is 1. The largest absolute Gasteiger partial charge is 0.294 e. The number of carbonyl (C=O) groups is 1. The van der Waals surface area contributed by atoms with Gasteiger partial charge in [-0.25, -0.2) is 9.37 Å². The van der Waals surface area contributed by atoms with E-state index in [9.17, 15) is 14.0 Å². The summed E-state index contributed by atoms with van der Waals surface area (Å²) in [5.41, 5.74) is 0.571. The van der Waals surface area contributed by atoms with Crippen molar-refractivity contribution in [2.45, 2.75) is 6.42 Å². The van der Waals surface area contributed by atoms with Gasteiger partial charge < -0.3 is 0 Å². The first-order valence-corrected chi connectivity index (χ1v) is 8.34. The van der Waals surface area contributed by atoms with Gasteiger partial charge in [-0.15, -0.1) is 0 Å². The van der Waals surface area contributed by atoms with Crippen molar-refractivity contribution in [2.75, 3.05) is 0 Å². The molecule has 0 aliphatic carbocycles. The van der Waals surface area contributed by atoms with Crippen LogP contribution < -0.4 is 5.56 Å². The van der Waals surface area contributed by atoms with E-state index in [-0.39, 0.29) is 23.7 Å². The number of Topliss-reactive ketones (excluding diaryl/α,β-unsaturated/α-hetero) is 1. The van der Waals surface area contributed by atoms with E-state index in [0.29, 0.717) is 16.5 Å². The van der Waals surface area contributed by atoms with E-state index in [4.69, 9.17) is 0 Å². The zero-order chi connectivity index (χ0) is 18.8. The van der Waals surface area contributed by atoms with E-state index in [1.165, 1.54) is 29.1 Å². The highest BCUT2D eigenvalue weighted by Crippen LogP contribution is 2.17. The topological polar surface area (TPSA) is 64.8 Å². The predicted molar refractivity (Wildman–Crippen MR) is 99.6 cm³/mol. The number of hydrogen-bond acceptors (Lipinski definition) is 4. The van der Waals surface area contributed by atoms with Crippen LogP contribution in [0.1, 0.15) is 16.2 Å². The van der Waals surface area contributed by atoms with Crippen LogP contribution >= 0.6 is 0 Å². The summed E-state index contributed by atoms with van der Waals surface area (Å²) in [6, 6.07) is 15.9. The fourth-order valence-electron chi connectivity index (χ4n) is 2.96. The van der Waals surface area contributed by atoms with Gasteiger partial charge in [0.1, 0.15) is 11.6 Å². The average molecular weight is 359 g/mol. The van der Waals surface area contributed by atoms with Crippen molar-refractivity contribution < 1.29 is 9.18 Å². The highest BCUT2D eigenvalue weighted by atomic mass is 19.1. The summed E-state index contributed by atoms with van der Waals surface area (Å²) < 4.78 is 15.6. The standard InChI is InChI=1S/C21H14FN3O2/c22-16-6-2-4-8-18(16)25-20(13-19(26)14-9-11-23-12-10-14)24-17-7-3-1-5-15(17)21(25)27/h1-12H,13H2. The molecule has 5 nitrogen and oxygen atoms in total. The van der Waals surface area contributed by atoms with Crippen molar-refractivity contribution in [2.24, 2.45) is 0 Å². The molecule has 0 aliphatic heterocycles. The lowest BCUT2D eigenvalue weighted by Crippen LogP contribution is -2.26. The summed E-state index contributed by atoms with van der Waals surface area (Å²) in [6.45, 7) is 0. The molecule has 0 fully saturated rings. The van der Waals surface area contributed by atoms with E-state index in [1.807, 2.05) is 0 Å². The Morgan fingerprint density at radius 3 is 2.44 bits per heavy atom. The van der Waals surface area contributed by atoms with Gasteiger partial charge in [0.25, 0.3) is 5.56 Å². The molecule has 0 saturated heterocycles. The number of halogens is 1. The molecule has 132 valence electrons. The van der Waals surface area contributed by atoms with Crippen LogP contribution in [0.3, 0.4) is 0 Å². The summed E-state index contributed by atoms with van der Waals surface area (Å²) in [5.74, 6) is -0.607. The maximum Gasteiger partial charge on any atom is 0.266 e. The van der Waals surface area contributed by atoms with E-state index >= 15 is 0 Å². The zero-order valence-electron chi connectivity index (χ0n) is 14.2. The Hall–Kier alpha value is -3.67. The lowest BCUT2D eigenvalue weighted by molar-refractivity contribution is 0.0990. The van der Waals surface area contributed by atoms with E-state index < -0.39 is 11.4 Å². The molecule has 2 aromatic carbocycles. The minimum Gasteiger partial charge on any atom is -0.294 e. The van der Waals surface area contributed by atoms with Gasteiger partial charge in [0, 0.05) is 18.0 Å². The van der Waals surface area contributed by atoms with Crippen LogP contribution in [0.25, 0.3) is 16.6 Å². The van der Waals surface area contributed by atoms with Crippen LogP contribution in [0, 0.1) is 5.82 Å². The molecule has 2 aromatic heterocycles. The first kappa shape index (κ1) is 16.8. The molecule has 0 aliphatic rings. The van der Waals surface area contributed by atoms with E-state index in [0.717, 1.165) is 0 Å². The van der Waals surface area contributed by atoms with Crippen molar-refractivity contribution in [3.63, 3.8) is 0 Å². The van der Waals surface area contributed by atoms with E-state index in [1.54, 1.807) is 48.5 Å². The number of aromatic nitrogens is 3. The Balaban J connectivity index is 1.93. The molecular formula is C21H14FN3O2. The van der Waals surface area contributed by atoms with Gasteiger partial charge in [-0.05, 0) is 36.4 Å². The Labute approximate surface area is 153 Å². The van der Waals surface area contributed by atoms with Crippen molar-refractivity contribution in [1.29, 1.82) is 0 Å². The monoisotopic (exact) mass is 359 g/mol. The molecule has 0 N–H and O–H groups in total. The van der Waals surface area contributed by atoms with Crippen LogP contribution in [0.15, 0.2) is 77.9 Å². The number of nitrogens with zero attached hydrogens (tertiary/aromatic N) is 3. The smallest absolute Gasteiger partial charge is 0.266 e. The van der Waals surface area contributed by atoms with E-state index in [2.05, 4.69) is 9.97 Å². The van der Waals surface area contributed by atoms with Crippen LogP contribution in [0.2, 0.25) is 0 Å². The van der Waals surface area contributed by atoms with Crippen LogP contribution in [0.4, 0.5) is 4.39 Å². The highest BCUT2D eigenvalue weighted by molar-refractivity contribution is 5.97. The van der Waals surface area contributed by atoms with Gasteiger partial charge in [0.05, 0.1) is 23.0 Å². The predicted octanol–water partition coefficient (Wildman–Crippen LogP) is 3.35. The minimum absolute atomic E-state index is 0.0679. The molecule has 2 heterocycles. The molecule has 0 bridgehead atoms. The highest BCUT2D eigenvalue weighted by Gasteiger charge is 2.18. The summed E-state index contributed by atoms with van der Waals surface area (Å²) >= 11 is 0. The third kappa shape index (κ3) is 3.13. The summed E-state index contributed by atoms with van der Waals surface area (Å²) in [7, 11) is 0. The quantitative estimate of drug-likeness (QED) is 0.524. The summed E-state index contributed by atoms with van der Waals surface area (Å²) in [6.07, 6.45) is 2.90. The number of rotatable bonds is 4. The third-order valence-corrected chi connectivity index (χ3v) is 4.26. The Kier molecular flexibility index (Phi) is 4.30. The summed E-state index contributed by atoms with van der Waals surface area (Å²) in [5, 5.41) is 0.362. The molecule has 0 radical (unpaired) electrons. The fourth-order valence-corrected chi connectivity index (χ4v) is 2.96. The Morgan fingerprint density at radius 1 is 0.963 bits per heavy atom. The molecule has 6 heteroatoms. The van der Waals surface area contributed by atoms with Crippen LogP contribution in [0.5, 0.6) is 0 Å². The number of carbonyl (C=O) groups excluding carboxylic acids is 1. The fraction of sp³-hybridized carbons (Fsp3) is 0.0476. The minimum atomic E-state index is -0.561. The zero-order valence-corrected chi connectivity index (χ0v) is 14.2. The number of para-hydroxylation sites is 2. The molecule has 0 spiro atoms. The Morgan fingerprint density at radius 2 is 1.67 bits per heavy atom. The number of benzene rings is 2. The van der Waals surface area contributed by atoms with Crippen LogP contribution in [-0.4, -0.2) is 20.3 Å². The van der Waals surface area contributed by atoms with Crippen LogP contribution in [-0.2, 0) is 6.42 Å². The summed E-state index contributed by atoms with van der Waals surface area (Å²) in [4.78, 5) is 34.1. The second kappa shape index (κ2) is 6.92. The maximum atomic E-state index is 14.4. The maximum absolute atomic E-state index is 14.4. The molecule has 27 heavy (non-hydrogen) atoms. The Bertz CT molecular complexity index is 1200. The lowest BCUT2D eigenvalue weighted by atomic mass is 10.1. The SMILES string of the molecule is O=C(Cc1nc2ccccc2c(=O)n1-c1ccccc1F)c1ccncc1. The van der Waals surface area contributed by atoms with Crippen molar-refractivity contribution in [3.8, 4) is 5.69 Å². The normalized spacial score (nSPS) is 10.9. The lowest BCUT2D eigenvalue weighted by Gasteiger charge is -2.14. The third-order valence-electron chi connectivity index (χ3n) is 4.26. The molecule has 0 atom stereocenters. The van der Waals surface area contributed by atoms with Gasteiger partial charge in [0.15, 0.2) is 5.78 Å². The first-order chi connectivity index (χ1) is 13.1. The van der Waals surface area contributed by atoms with Gasteiger partial charge in [-0.2, -0.15) is 0 Å². The molecule has 0 unspecified atom stereocenters. The van der Waals surface area contributed by atoms with Gasteiger partial charge in [-0.1, -0.05) is 24.3 Å². The van der Waals surface area contributed by atoms with Crippen molar-refractivity contribution in [3.05, 3.63) is 101 Å². The number of ketones is 1. The molecule has 0 saturated carbocycles. The average Bonchev–Trinajstić information content (AvgIpc) is 2.70. The van der Waals surface area contributed by atoms with Gasteiger partial charge >= 0.3 is 0 Å².